The zero-order valence-corrected chi connectivity index (χ0v) is 19.6. The minimum atomic E-state index is -3.88. The number of sulfonamides is 1. The molecule has 0 radical (unpaired) electrons. The lowest BCUT2D eigenvalue weighted by molar-refractivity contribution is 0.0475. The van der Waals surface area contributed by atoms with Gasteiger partial charge in [0.15, 0.2) is 23.9 Å². The van der Waals surface area contributed by atoms with Gasteiger partial charge in [-0.3, -0.25) is 9.52 Å². The van der Waals surface area contributed by atoms with E-state index in [2.05, 4.69) is 4.72 Å². The molecule has 0 atom stereocenters. The molecule has 0 fully saturated rings. The Labute approximate surface area is 202 Å². The zero-order valence-electron chi connectivity index (χ0n) is 18.8. The molecule has 0 bridgehead atoms. The Morgan fingerprint density at radius 2 is 1.54 bits per heavy atom. The monoisotopic (exact) mass is 493 g/mol. The maximum absolute atomic E-state index is 12.8. The molecule has 0 unspecified atom stereocenters. The topological polar surface area (TPSA) is 108 Å². The summed E-state index contributed by atoms with van der Waals surface area (Å²) in [5, 5.41) is 0. The first-order valence-corrected chi connectivity index (χ1v) is 12.7. The lowest BCUT2D eigenvalue weighted by Crippen LogP contribution is -2.17. The third-order valence-electron chi connectivity index (χ3n) is 5.95. The molecule has 9 heteroatoms. The second-order valence-corrected chi connectivity index (χ2v) is 10.0. The van der Waals surface area contributed by atoms with E-state index in [0.717, 1.165) is 19.3 Å². The Morgan fingerprint density at radius 3 is 2.34 bits per heavy atom. The van der Waals surface area contributed by atoms with Crippen LogP contribution in [0.2, 0.25) is 0 Å². The number of Topliss-reactive ketones (excluding diaryl/α,β-unsaturated/α-hetero) is 1. The Kier molecular flexibility index (Phi) is 6.17. The molecule has 3 aromatic carbocycles. The predicted octanol–water partition coefficient (Wildman–Crippen LogP) is 3.79. The summed E-state index contributed by atoms with van der Waals surface area (Å²) in [4.78, 5) is 24.9. The van der Waals surface area contributed by atoms with E-state index < -0.39 is 16.0 Å². The summed E-state index contributed by atoms with van der Waals surface area (Å²) >= 11 is 0. The van der Waals surface area contributed by atoms with Gasteiger partial charge >= 0.3 is 5.97 Å². The molecule has 2 aliphatic rings. The number of ether oxygens (including phenoxy) is 3. The predicted molar refractivity (Wildman–Crippen MR) is 128 cm³/mol. The van der Waals surface area contributed by atoms with Crippen LogP contribution in [0.15, 0.2) is 65.6 Å². The highest BCUT2D eigenvalue weighted by Gasteiger charge is 2.20. The van der Waals surface area contributed by atoms with E-state index in [-0.39, 0.29) is 28.5 Å². The highest BCUT2D eigenvalue weighted by atomic mass is 32.2. The van der Waals surface area contributed by atoms with Crippen LogP contribution in [0.1, 0.15) is 38.3 Å². The number of fused-ring (bicyclic) bond motifs is 2. The molecule has 0 saturated heterocycles. The molecule has 5 rings (SSSR count). The molecule has 0 saturated carbocycles. The van der Waals surface area contributed by atoms with Crippen molar-refractivity contribution in [2.24, 2.45) is 0 Å². The molecule has 1 heterocycles. The van der Waals surface area contributed by atoms with Gasteiger partial charge in [-0.25, -0.2) is 13.2 Å². The van der Waals surface area contributed by atoms with Gasteiger partial charge in [-0.1, -0.05) is 12.1 Å². The molecule has 1 aliphatic heterocycles. The number of nitrogens with one attached hydrogen (secondary N) is 1. The number of carbonyl (C=O) groups is 2. The highest BCUT2D eigenvalue weighted by Crippen LogP contribution is 2.32. The Hall–Kier alpha value is -3.85. The Bertz CT molecular complexity index is 1400. The molecule has 180 valence electrons. The normalized spacial score (nSPS) is 14.2. The van der Waals surface area contributed by atoms with Crippen LogP contribution in [0.3, 0.4) is 0 Å². The number of esters is 1. The lowest BCUT2D eigenvalue weighted by atomic mass is 10.0. The van der Waals surface area contributed by atoms with E-state index in [4.69, 9.17) is 14.2 Å². The van der Waals surface area contributed by atoms with Gasteiger partial charge in [0, 0.05) is 17.3 Å². The van der Waals surface area contributed by atoms with Gasteiger partial charge in [-0.2, -0.15) is 0 Å². The van der Waals surface area contributed by atoms with Crippen molar-refractivity contribution in [2.75, 3.05) is 24.5 Å². The first-order valence-electron chi connectivity index (χ1n) is 11.2. The fraction of sp³-hybridized carbons (Fsp3) is 0.231. The average Bonchev–Trinajstić information content (AvgIpc) is 3.35. The summed E-state index contributed by atoms with van der Waals surface area (Å²) in [5.41, 5.74) is 3.45. The van der Waals surface area contributed by atoms with Crippen LogP contribution in [0.25, 0.3) is 0 Å². The number of rotatable bonds is 7. The quantitative estimate of drug-likeness (QED) is 0.394. The SMILES string of the molecule is O=C(COC(=O)c1ccc(NS(=O)(=O)c2ccc3c(c2)OCCO3)cc1)c1ccc2c(c1)CCC2. The van der Waals surface area contributed by atoms with Crippen molar-refractivity contribution in [1.29, 1.82) is 0 Å². The fourth-order valence-electron chi connectivity index (χ4n) is 4.12. The number of hydrogen-bond acceptors (Lipinski definition) is 7. The number of aryl methyl sites for hydroxylation is 2. The summed E-state index contributed by atoms with van der Waals surface area (Å²) in [7, 11) is -3.88. The molecular weight excluding hydrogens is 470 g/mol. The molecule has 1 aliphatic carbocycles. The summed E-state index contributed by atoms with van der Waals surface area (Å²) < 4.78 is 44.0. The maximum atomic E-state index is 12.8. The summed E-state index contributed by atoms with van der Waals surface area (Å²) in [5.74, 6) is -0.0722. The standard InChI is InChI=1S/C26H23NO7S/c28-23(20-5-4-17-2-1-3-19(17)14-20)16-34-26(29)18-6-8-21(9-7-18)27-35(30,31)22-10-11-24-25(15-22)33-13-12-32-24/h4-11,14-15,27H,1-3,12-13,16H2. The van der Waals surface area contributed by atoms with Gasteiger partial charge in [0.05, 0.1) is 10.5 Å². The summed E-state index contributed by atoms with van der Waals surface area (Å²) in [6, 6.07) is 15.8. The van der Waals surface area contributed by atoms with Crippen molar-refractivity contribution in [3.05, 3.63) is 82.9 Å². The van der Waals surface area contributed by atoms with Gasteiger partial charge in [-0.15, -0.1) is 0 Å². The lowest BCUT2D eigenvalue weighted by Gasteiger charge is -2.19. The van der Waals surface area contributed by atoms with Crippen molar-refractivity contribution in [1.82, 2.24) is 0 Å². The first kappa shape index (κ1) is 22.9. The van der Waals surface area contributed by atoms with Crippen LogP contribution < -0.4 is 14.2 Å². The number of anilines is 1. The Morgan fingerprint density at radius 1 is 0.829 bits per heavy atom. The third kappa shape index (κ3) is 5.00. The van der Waals surface area contributed by atoms with Crippen molar-refractivity contribution in [2.45, 2.75) is 24.2 Å². The van der Waals surface area contributed by atoms with Crippen LogP contribution in [-0.4, -0.2) is 40.0 Å². The van der Waals surface area contributed by atoms with Crippen LogP contribution >= 0.6 is 0 Å². The van der Waals surface area contributed by atoms with Gasteiger partial charge in [0.25, 0.3) is 10.0 Å². The van der Waals surface area contributed by atoms with Gasteiger partial charge in [-0.05, 0) is 72.9 Å². The van der Waals surface area contributed by atoms with E-state index in [0.29, 0.717) is 30.3 Å². The van der Waals surface area contributed by atoms with Crippen molar-refractivity contribution >= 4 is 27.5 Å². The molecule has 0 aromatic heterocycles. The first-order chi connectivity index (χ1) is 16.9. The van der Waals surface area contributed by atoms with E-state index in [9.17, 15) is 18.0 Å². The Balaban J connectivity index is 1.20. The minimum Gasteiger partial charge on any atom is -0.486 e. The van der Waals surface area contributed by atoms with Gasteiger partial charge < -0.3 is 14.2 Å². The third-order valence-corrected chi connectivity index (χ3v) is 7.33. The zero-order chi connectivity index (χ0) is 24.4. The number of ketones is 1. The molecule has 1 N–H and O–H groups in total. The molecule has 8 nitrogen and oxygen atoms in total. The van der Waals surface area contributed by atoms with Gasteiger partial charge in [0.2, 0.25) is 0 Å². The summed E-state index contributed by atoms with van der Waals surface area (Å²) in [6.07, 6.45) is 3.08. The van der Waals surface area contributed by atoms with E-state index >= 15 is 0 Å². The molecule has 35 heavy (non-hydrogen) atoms. The number of carbonyl (C=O) groups excluding carboxylic acids is 2. The van der Waals surface area contributed by atoms with Crippen molar-refractivity contribution < 1.29 is 32.2 Å². The molecular formula is C26H23NO7S. The van der Waals surface area contributed by atoms with Crippen LogP contribution in [-0.2, 0) is 27.6 Å². The molecule has 3 aromatic rings. The summed E-state index contributed by atoms with van der Waals surface area (Å²) in [6.45, 7) is 0.394. The van der Waals surface area contributed by atoms with Crippen LogP contribution in [0, 0.1) is 0 Å². The second kappa shape index (κ2) is 9.42. The average molecular weight is 494 g/mol. The molecule has 0 spiro atoms. The smallest absolute Gasteiger partial charge is 0.338 e. The second-order valence-electron chi connectivity index (χ2n) is 8.32. The number of benzene rings is 3. The van der Waals surface area contributed by atoms with Crippen molar-refractivity contribution in [3.63, 3.8) is 0 Å². The van der Waals surface area contributed by atoms with Gasteiger partial charge in [0.1, 0.15) is 13.2 Å². The molecule has 0 amide bonds. The number of hydrogen-bond donors (Lipinski definition) is 1. The van der Waals surface area contributed by atoms with Crippen LogP contribution in [0.5, 0.6) is 11.5 Å². The fourth-order valence-corrected chi connectivity index (χ4v) is 5.20. The van der Waals surface area contributed by atoms with Crippen LogP contribution in [0.4, 0.5) is 5.69 Å². The van der Waals surface area contributed by atoms with E-state index in [1.165, 1.54) is 47.5 Å². The van der Waals surface area contributed by atoms with E-state index in [1.54, 1.807) is 12.1 Å². The van der Waals surface area contributed by atoms with Crippen molar-refractivity contribution in [3.8, 4) is 11.5 Å². The van der Waals surface area contributed by atoms with E-state index in [1.807, 2.05) is 12.1 Å². The minimum absolute atomic E-state index is 0.0234. The highest BCUT2D eigenvalue weighted by molar-refractivity contribution is 7.92. The largest absolute Gasteiger partial charge is 0.486 e. The maximum Gasteiger partial charge on any atom is 0.338 e.